The molecule has 2 N–H and O–H groups in total. The maximum absolute atomic E-state index is 11.4. The molecule has 0 aliphatic heterocycles. The number of hydrogen-bond acceptors (Lipinski definition) is 8. The van der Waals surface area contributed by atoms with Crippen LogP contribution in [-0.2, 0) is 6.42 Å². The predicted molar refractivity (Wildman–Crippen MR) is 156 cm³/mol. The van der Waals surface area contributed by atoms with Gasteiger partial charge < -0.3 is 19.7 Å². The number of aromatic hydroxyl groups is 2. The van der Waals surface area contributed by atoms with E-state index < -0.39 is 0 Å². The standard InChI is InChI=1S/C29H24Cl2N6O4/c1-3-40-20-10-16(28(38)26(14-20)36-32-22-7-5-18(30)12-24(22)34-36)9-17-11-21(41-4-2)15-27(29(17)39)37-33-23-8-6-19(31)13-25(23)35-37/h5-8,10-15,38-39H,3-4,9H2,1-2H3. The molecule has 0 amide bonds. The Kier molecular flexibility index (Phi) is 7.02. The van der Waals surface area contributed by atoms with Gasteiger partial charge in [-0.05, 0) is 62.4 Å². The summed E-state index contributed by atoms with van der Waals surface area (Å²) in [5.41, 5.74) is 3.97. The molecule has 6 rings (SSSR count). The van der Waals surface area contributed by atoms with Crippen molar-refractivity contribution in [1.29, 1.82) is 0 Å². The van der Waals surface area contributed by atoms with Gasteiger partial charge in [0.15, 0.2) is 0 Å². The lowest BCUT2D eigenvalue weighted by Gasteiger charge is -2.16. The molecule has 6 aromatic rings. The van der Waals surface area contributed by atoms with E-state index in [9.17, 15) is 10.2 Å². The lowest BCUT2D eigenvalue weighted by atomic mass is 10.0. The topological polar surface area (TPSA) is 120 Å². The Morgan fingerprint density at radius 2 is 1.02 bits per heavy atom. The second-order valence-electron chi connectivity index (χ2n) is 9.19. The van der Waals surface area contributed by atoms with Crippen molar-refractivity contribution in [2.75, 3.05) is 13.2 Å². The maximum atomic E-state index is 11.4. The minimum Gasteiger partial charge on any atom is -0.505 e. The third-order valence-electron chi connectivity index (χ3n) is 6.40. The smallest absolute Gasteiger partial charge is 0.146 e. The quantitative estimate of drug-likeness (QED) is 0.213. The summed E-state index contributed by atoms with van der Waals surface area (Å²) in [6.07, 6.45) is 0.124. The van der Waals surface area contributed by atoms with Crippen molar-refractivity contribution < 1.29 is 19.7 Å². The number of hydrogen-bond donors (Lipinski definition) is 2. The van der Waals surface area contributed by atoms with Crippen molar-refractivity contribution in [1.82, 2.24) is 30.0 Å². The molecule has 0 aliphatic carbocycles. The van der Waals surface area contributed by atoms with Crippen molar-refractivity contribution in [3.05, 3.63) is 81.8 Å². The molecular weight excluding hydrogens is 567 g/mol. The van der Waals surface area contributed by atoms with Crippen LogP contribution in [0.1, 0.15) is 25.0 Å². The van der Waals surface area contributed by atoms with E-state index in [1.165, 1.54) is 9.59 Å². The summed E-state index contributed by atoms with van der Waals surface area (Å²) in [4.78, 5) is 2.68. The highest BCUT2D eigenvalue weighted by Gasteiger charge is 2.20. The van der Waals surface area contributed by atoms with Crippen LogP contribution in [0.2, 0.25) is 10.0 Å². The predicted octanol–water partition coefficient (Wildman–Crippen LogP) is 6.26. The van der Waals surface area contributed by atoms with Crippen LogP contribution in [0.5, 0.6) is 23.0 Å². The second kappa shape index (κ2) is 10.8. The summed E-state index contributed by atoms with van der Waals surface area (Å²) in [6, 6.07) is 17.1. The number of ether oxygens (including phenoxy) is 2. The molecule has 0 saturated heterocycles. The average Bonchev–Trinajstić information content (AvgIpc) is 3.55. The molecule has 0 radical (unpaired) electrons. The molecule has 4 aromatic carbocycles. The molecular formula is C29H24Cl2N6O4. The average molecular weight is 591 g/mol. The van der Waals surface area contributed by atoms with Crippen LogP contribution in [0.4, 0.5) is 0 Å². The Balaban J connectivity index is 1.46. The van der Waals surface area contributed by atoms with Crippen LogP contribution in [0.15, 0.2) is 60.7 Å². The zero-order valence-electron chi connectivity index (χ0n) is 22.0. The zero-order chi connectivity index (χ0) is 28.7. The number of aromatic nitrogens is 6. The van der Waals surface area contributed by atoms with Crippen molar-refractivity contribution in [2.45, 2.75) is 20.3 Å². The Labute approximate surface area is 244 Å². The fourth-order valence-electron chi connectivity index (χ4n) is 4.57. The van der Waals surface area contributed by atoms with Crippen molar-refractivity contribution in [3.8, 4) is 34.4 Å². The molecule has 12 heteroatoms. The van der Waals surface area contributed by atoms with E-state index in [-0.39, 0.29) is 17.9 Å². The number of fused-ring (bicyclic) bond motifs is 2. The summed E-state index contributed by atoms with van der Waals surface area (Å²) in [6.45, 7) is 4.55. The highest BCUT2D eigenvalue weighted by molar-refractivity contribution is 6.31. The molecule has 0 saturated carbocycles. The summed E-state index contributed by atoms with van der Waals surface area (Å²) < 4.78 is 11.6. The highest BCUT2D eigenvalue weighted by Crippen LogP contribution is 2.38. The van der Waals surface area contributed by atoms with Gasteiger partial charge in [-0.15, -0.1) is 30.0 Å². The van der Waals surface area contributed by atoms with Crippen molar-refractivity contribution in [3.63, 3.8) is 0 Å². The largest absolute Gasteiger partial charge is 0.505 e. The second-order valence-corrected chi connectivity index (χ2v) is 10.1. The van der Waals surface area contributed by atoms with Gasteiger partial charge in [-0.1, -0.05) is 23.2 Å². The minimum atomic E-state index is -0.0692. The molecule has 2 aromatic heterocycles. The van der Waals surface area contributed by atoms with Gasteiger partial charge in [0, 0.05) is 39.7 Å². The van der Waals surface area contributed by atoms with E-state index in [4.69, 9.17) is 32.7 Å². The van der Waals surface area contributed by atoms with E-state index in [1.807, 2.05) is 13.8 Å². The van der Waals surface area contributed by atoms with E-state index in [2.05, 4.69) is 20.4 Å². The van der Waals surface area contributed by atoms with Gasteiger partial charge >= 0.3 is 0 Å². The lowest BCUT2D eigenvalue weighted by molar-refractivity contribution is 0.338. The SMILES string of the molecule is CCOc1cc(Cc2cc(OCC)cc(-n3nc4ccc(Cl)cc4n3)c2O)c(O)c(-n2nc3ccc(Cl)cc3n2)c1. The fraction of sp³-hybridized carbons (Fsp3) is 0.172. The van der Waals surface area contributed by atoms with E-state index in [1.54, 1.807) is 60.7 Å². The molecule has 0 atom stereocenters. The number of benzene rings is 4. The number of rotatable bonds is 8. The molecule has 208 valence electrons. The van der Waals surface area contributed by atoms with E-state index in [0.29, 0.717) is 79.3 Å². The zero-order valence-corrected chi connectivity index (χ0v) is 23.6. The first-order valence-corrected chi connectivity index (χ1v) is 13.6. The van der Waals surface area contributed by atoms with Gasteiger partial charge in [-0.3, -0.25) is 0 Å². The Morgan fingerprint density at radius 3 is 1.44 bits per heavy atom. The number of halogens is 2. The van der Waals surface area contributed by atoms with Gasteiger partial charge in [-0.2, -0.15) is 0 Å². The van der Waals surface area contributed by atoms with Gasteiger partial charge in [0.1, 0.15) is 56.4 Å². The summed E-state index contributed by atoms with van der Waals surface area (Å²) in [5, 5.41) is 41.9. The first-order valence-electron chi connectivity index (χ1n) is 12.9. The molecule has 0 fully saturated rings. The van der Waals surface area contributed by atoms with Gasteiger partial charge in [0.2, 0.25) is 0 Å². The van der Waals surface area contributed by atoms with Crippen LogP contribution in [0, 0.1) is 0 Å². The van der Waals surface area contributed by atoms with Gasteiger partial charge in [-0.25, -0.2) is 0 Å². The van der Waals surface area contributed by atoms with Crippen molar-refractivity contribution in [2.24, 2.45) is 0 Å². The van der Waals surface area contributed by atoms with Crippen LogP contribution < -0.4 is 9.47 Å². The van der Waals surface area contributed by atoms with E-state index in [0.717, 1.165) is 0 Å². The maximum Gasteiger partial charge on any atom is 0.146 e. The number of phenols is 2. The molecule has 0 spiro atoms. The summed E-state index contributed by atoms with van der Waals surface area (Å²) in [7, 11) is 0. The van der Waals surface area contributed by atoms with E-state index >= 15 is 0 Å². The molecule has 0 aliphatic rings. The first kappa shape index (κ1) is 26.7. The number of nitrogens with zero attached hydrogens (tertiary/aromatic N) is 6. The monoisotopic (exact) mass is 590 g/mol. The number of phenolic OH excluding ortho intramolecular Hbond substituents is 2. The summed E-state index contributed by atoms with van der Waals surface area (Å²) >= 11 is 12.3. The molecule has 0 unspecified atom stereocenters. The van der Waals surface area contributed by atoms with Crippen LogP contribution in [0.25, 0.3) is 33.4 Å². The fourth-order valence-corrected chi connectivity index (χ4v) is 4.90. The third kappa shape index (κ3) is 5.19. The molecule has 0 bridgehead atoms. The molecule has 2 heterocycles. The highest BCUT2D eigenvalue weighted by atomic mass is 35.5. The Hall–Kier alpha value is -4.54. The molecule has 10 nitrogen and oxygen atoms in total. The third-order valence-corrected chi connectivity index (χ3v) is 6.87. The minimum absolute atomic E-state index is 0.0692. The summed E-state index contributed by atoms with van der Waals surface area (Å²) in [5.74, 6) is 0.875. The lowest BCUT2D eigenvalue weighted by Crippen LogP contribution is -2.05. The van der Waals surface area contributed by atoms with Crippen molar-refractivity contribution >= 4 is 45.3 Å². The Bertz CT molecular complexity index is 1780. The van der Waals surface area contributed by atoms with Crippen LogP contribution >= 0.6 is 23.2 Å². The van der Waals surface area contributed by atoms with Gasteiger partial charge in [0.25, 0.3) is 0 Å². The Morgan fingerprint density at radius 1 is 0.610 bits per heavy atom. The normalized spacial score (nSPS) is 11.4. The van der Waals surface area contributed by atoms with Crippen LogP contribution in [-0.4, -0.2) is 53.4 Å². The van der Waals surface area contributed by atoms with Gasteiger partial charge in [0.05, 0.1) is 13.2 Å². The molecule has 41 heavy (non-hydrogen) atoms. The van der Waals surface area contributed by atoms with Crippen LogP contribution in [0.3, 0.4) is 0 Å². The first-order chi connectivity index (χ1) is 19.8.